The van der Waals surface area contributed by atoms with E-state index in [0.29, 0.717) is 10.0 Å². The van der Waals surface area contributed by atoms with Crippen molar-refractivity contribution in [3.63, 3.8) is 0 Å². The molecule has 2 atom stereocenters. The van der Waals surface area contributed by atoms with Crippen molar-refractivity contribution in [2.45, 2.75) is 38.6 Å². The molecule has 8 heteroatoms. The lowest BCUT2D eigenvalue weighted by Gasteiger charge is -2.21. The van der Waals surface area contributed by atoms with Gasteiger partial charge >= 0.3 is 6.09 Å². The van der Waals surface area contributed by atoms with Crippen LogP contribution in [-0.2, 0) is 4.74 Å². The van der Waals surface area contributed by atoms with Crippen LogP contribution >= 0.6 is 11.3 Å². The van der Waals surface area contributed by atoms with Crippen LogP contribution in [0, 0.1) is 0 Å². The van der Waals surface area contributed by atoms with Crippen LogP contribution in [0.1, 0.15) is 31.8 Å². The normalized spacial score (nSPS) is 14.8. The molecule has 1 aromatic rings. The van der Waals surface area contributed by atoms with Crippen LogP contribution in [0.2, 0.25) is 0 Å². The molecule has 108 valence electrons. The Labute approximate surface area is 115 Å². The summed E-state index contributed by atoms with van der Waals surface area (Å²) in [5.74, 6) is 0. The zero-order valence-electron chi connectivity index (χ0n) is 11.1. The second kappa shape index (κ2) is 6.18. The summed E-state index contributed by atoms with van der Waals surface area (Å²) in [6, 6.07) is 0. The maximum atomic E-state index is 11.4. The summed E-state index contributed by atoms with van der Waals surface area (Å²) in [7, 11) is 0. The minimum atomic E-state index is -1.16. The SMILES string of the molecule is CC(C)(C)OC(=O)NCC(O)C(O)c1cnc(N)s1. The smallest absolute Gasteiger partial charge is 0.407 e. The van der Waals surface area contributed by atoms with Crippen LogP contribution in [-0.4, -0.2) is 39.5 Å². The van der Waals surface area contributed by atoms with Crippen molar-refractivity contribution < 1.29 is 19.7 Å². The van der Waals surface area contributed by atoms with Gasteiger partial charge in [-0.2, -0.15) is 0 Å². The number of ether oxygens (including phenoxy) is 1. The Bertz CT molecular complexity index is 430. The largest absolute Gasteiger partial charge is 0.444 e. The number of amides is 1. The van der Waals surface area contributed by atoms with E-state index >= 15 is 0 Å². The fourth-order valence-electron chi connectivity index (χ4n) is 1.24. The monoisotopic (exact) mass is 289 g/mol. The molecule has 0 bridgehead atoms. The summed E-state index contributed by atoms with van der Waals surface area (Å²) in [6.07, 6.45) is -1.57. The number of aliphatic hydroxyl groups excluding tert-OH is 2. The molecule has 0 aromatic carbocycles. The molecule has 1 heterocycles. The van der Waals surface area contributed by atoms with E-state index in [9.17, 15) is 15.0 Å². The number of rotatable bonds is 4. The van der Waals surface area contributed by atoms with Gasteiger partial charge in [0.25, 0.3) is 0 Å². The van der Waals surface area contributed by atoms with E-state index in [0.717, 1.165) is 11.3 Å². The summed E-state index contributed by atoms with van der Waals surface area (Å²) >= 11 is 1.08. The number of hydrogen-bond donors (Lipinski definition) is 4. The van der Waals surface area contributed by atoms with Crippen molar-refractivity contribution in [1.82, 2.24) is 10.3 Å². The average Bonchev–Trinajstić information content (AvgIpc) is 2.69. The molecule has 0 aliphatic rings. The van der Waals surface area contributed by atoms with Crippen LogP contribution in [0.4, 0.5) is 9.93 Å². The van der Waals surface area contributed by atoms with Gasteiger partial charge in [0.05, 0.1) is 4.88 Å². The molecule has 0 aliphatic heterocycles. The minimum absolute atomic E-state index is 0.131. The quantitative estimate of drug-likeness (QED) is 0.646. The second-order valence-corrected chi connectivity index (χ2v) is 6.09. The van der Waals surface area contributed by atoms with Gasteiger partial charge < -0.3 is 26.0 Å². The Hall–Kier alpha value is -1.38. The summed E-state index contributed by atoms with van der Waals surface area (Å²) in [5, 5.41) is 22.3. The maximum absolute atomic E-state index is 11.4. The van der Waals surface area contributed by atoms with Crippen LogP contribution in [0.3, 0.4) is 0 Å². The van der Waals surface area contributed by atoms with Gasteiger partial charge in [-0.3, -0.25) is 0 Å². The Kier molecular flexibility index (Phi) is 5.10. The highest BCUT2D eigenvalue weighted by atomic mass is 32.1. The molecule has 0 saturated heterocycles. The van der Waals surface area contributed by atoms with Gasteiger partial charge in [0.2, 0.25) is 0 Å². The molecular weight excluding hydrogens is 270 g/mol. The molecule has 19 heavy (non-hydrogen) atoms. The lowest BCUT2D eigenvalue weighted by Crippen LogP contribution is -2.38. The molecule has 1 amide bonds. The highest BCUT2D eigenvalue weighted by molar-refractivity contribution is 7.15. The van der Waals surface area contributed by atoms with E-state index in [4.69, 9.17) is 10.5 Å². The first kappa shape index (κ1) is 15.7. The van der Waals surface area contributed by atoms with Crippen molar-refractivity contribution >= 4 is 22.6 Å². The predicted octanol–water partition coefficient (Wildman–Crippen LogP) is 0.644. The number of aromatic nitrogens is 1. The Morgan fingerprint density at radius 3 is 2.68 bits per heavy atom. The van der Waals surface area contributed by atoms with E-state index in [1.165, 1.54) is 6.20 Å². The van der Waals surface area contributed by atoms with Gasteiger partial charge in [0.15, 0.2) is 5.13 Å². The van der Waals surface area contributed by atoms with Gasteiger partial charge in [-0.15, -0.1) is 0 Å². The second-order valence-electron chi connectivity index (χ2n) is 5.00. The number of nitrogens with zero attached hydrogens (tertiary/aromatic N) is 1. The van der Waals surface area contributed by atoms with E-state index in [2.05, 4.69) is 10.3 Å². The number of hydrogen-bond acceptors (Lipinski definition) is 7. The number of thiazole rings is 1. The summed E-state index contributed by atoms with van der Waals surface area (Å²) in [4.78, 5) is 15.6. The number of anilines is 1. The number of nitrogens with one attached hydrogen (secondary N) is 1. The van der Waals surface area contributed by atoms with Crippen LogP contribution in [0.25, 0.3) is 0 Å². The van der Waals surface area contributed by atoms with Crippen molar-refractivity contribution in [3.8, 4) is 0 Å². The zero-order chi connectivity index (χ0) is 14.6. The first-order valence-electron chi connectivity index (χ1n) is 5.73. The Morgan fingerprint density at radius 1 is 1.58 bits per heavy atom. The first-order valence-corrected chi connectivity index (χ1v) is 6.55. The average molecular weight is 289 g/mol. The van der Waals surface area contributed by atoms with Gasteiger partial charge in [-0.05, 0) is 20.8 Å². The number of carbonyl (C=O) groups is 1. The lowest BCUT2D eigenvalue weighted by molar-refractivity contribution is 0.0145. The van der Waals surface area contributed by atoms with Crippen LogP contribution in [0.15, 0.2) is 6.20 Å². The Morgan fingerprint density at radius 2 is 2.21 bits per heavy atom. The minimum Gasteiger partial charge on any atom is -0.444 e. The number of carbonyl (C=O) groups excluding carboxylic acids is 1. The molecule has 2 unspecified atom stereocenters. The number of aliphatic hydroxyl groups is 2. The lowest BCUT2D eigenvalue weighted by atomic mass is 10.2. The third-order valence-electron chi connectivity index (χ3n) is 2.05. The van der Waals surface area contributed by atoms with Gasteiger partial charge in [-0.1, -0.05) is 11.3 Å². The molecular formula is C11H19N3O4S. The van der Waals surface area contributed by atoms with Crippen molar-refractivity contribution in [2.75, 3.05) is 12.3 Å². The first-order chi connectivity index (χ1) is 8.69. The van der Waals surface area contributed by atoms with E-state index in [-0.39, 0.29) is 6.54 Å². The standard InChI is InChI=1S/C11H19N3O4S/c1-11(2,3)18-10(17)14-4-6(15)8(16)7-5-13-9(12)19-7/h5-6,8,15-16H,4H2,1-3H3,(H2,12,13)(H,14,17). The maximum Gasteiger partial charge on any atom is 0.407 e. The molecule has 0 spiro atoms. The molecule has 1 aromatic heterocycles. The topological polar surface area (TPSA) is 118 Å². The zero-order valence-corrected chi connectivity index (χ0v) is 11.9. The molecule has 5 N–H and O–H groups in total. The van der Waals surface area contributed by atoms with Gasteiger partial charge in [0.1, 0.15) is 17.8 Å². The molecule has 7 nitrogen and oxygen atoms in total. The predicted molar refractivity (Wildman–Crippen MR) is 71.7 cm³/mol. The third-order valence-corrected chi connectivity index (χ3v) is 2.95. The van der Waals surface area contributed by atoms with Crippen LogP contribution in [0.5, 0.6) is 0 Å². The fraction of sp³-hybridized carbons (Fsp3) is 0.636. The summed E-state index contributed by atoms with van der Waals surface area (Å²) < 4.78 is 5.01. The number of nitrogen functional groups attached to an aromatic ring is 1. The van der Waals surface area contributed by atoms with E-state index in [1.54, 1.807) is 20.8 Å². The third kappa shape index (κ3) is 5.41. The van der Waals surface area contributed by atoms with Crippen LogP contribution < -0.4 is 11.1 Å². The Balaban J connectivity index is 2.43. The molecule has 0 aliphatic carbocycles. The van der Waals surface area contributed by atoms with Crippen molar-refractivity contribution in [2.24, 2.45) is 0 Å². The van der Waals surface area contributed by atoms with Crippen molar-refractivity contribution in [3.05, 3.63) is 11.1 Å². The molecule has 0 saturated carbocycles. The summed E-state index contributed by atoms with van der Waals surface area (Å²) in [6.45, 7) is 5.07. The van der Waals surface area contributed by atoms with Gasteiger partial charge in [-0.25, -0.2) is 9.78 Å². The van der Waals surface area contributed by atoms with E-state index < -0.39 is 23.9 Å². The highest BCUT2D eigenvalue weighted by Gasteiger charge is 2.22. The summed E-state index contributed by atoms with van der Waals surface area (Å²) in [5.41, 5.74) is 4.82. The number of nitrogens with two attached hydrogens (primary N) is 1. The van der Waals surface area contributed by atoms with E-state index in [1.807, 2.05) is 0 Å². The molecule has 1 rings (SSSR count). The number of alkyl carbamates (subject to hydrolysis) is 1. The van der Waals surface area contributed by atoms with Crippen molar-refractivity contribution in [1.29, 1.82) is 0 Å². The molecule has 0 fully saturated rings. The fourth-order valence-corrected chi connectivity index (χ4v) is 1.97. The van der Waals surface area contributed by atoms with Gasteiger partial charge in [0, 0.05) is 12.7 Å². The highest BCUT2D eigenvalue weighted by Crippen LogP contribution is 2.24. The molecule has 0 radical (unpaired) electrons.